The Morgan fingerprint density at radius 2 is 2.19 bits per heavy atom. The standard InChI is InChI=1S/C12H16N4O4S/c17-16(18)12-4-3-10(6-14-12)21(19,20)15-7-9-2-1-5-13-11(9)8-15/h3-4,6,9,11,13H,1-2,5,7-8H2/t9-,11+/m0/s1. The normalized spacial score (nSPS) is 26.5. The lowest BCUT2D eigenvalue weighted by atomic mass is 9.94. The molecule has 1 N–H and O–H groups in total. The van der Waals surface area contributed by atoms with Gasteiger partial charge in [-0.1, -0.05) is 0 Å². The van der Waals surface area contributed by atoms with Gasteiger partial charge in [-0.25, -0.2) is 8.42 Å². The molecular formula is C12H16N4O4S. The van der Waals surface area contributed by atoms with Crippen LogP contribution in [0.25, 0.3) is 0 Å². The van der Waals surface area contributed by atoms with E-state index in [4.69, 9.17) is 0 Å². The van der Waals surface area contributed by atoms with E-state index < -0.39 is 14.9 Å². The van der Waals surface area contributed by atoms with E-state index in [0.29, 0.717) is 19.0 Å². The van der Waals surface area contributed by atoms with Crippen molar-refractivity contribution in [2.24, 2.45) is 5.92 Å². The van der Waals surface area contributed by atoms with Gasteiger partial charge < -0.3 is 15.4 Å². The van der Waals surface area contributed by atoms with Crippen LogP contribution in [-0.4, -0.2) is 48.3 Å². The monoisotopic (exact) mass is 312 g/mol. The summed E-state index contributed by atoms with van der Waals surface area (Å²) in [6.45, 7) is 1.87. The second kappa shape index (κ2) is 5.32. The maximum absolute atomic E-state index is 12.5. The van der Waals surface area contributed by atoms with E-state index in [1.807, 2.05) is 0 Å². The van der Waals surface area contributed by atoms with Crippen molar-refractivity contribution in [3.8, 4) is 0 Å². The van der Waals surface area contributed by atoms with Crippen molar-refractivity contribution >= 4 is 15.8 Å². The maximum atomic E-state index is 12.5. The van der Waals surface area contributed by atoms with Gasteiger partial charge in [0.15, 0.2) is 6.20 Å². The van der Waals surface area contributed by atoms with E-state index in [1.165, 1.54) is 10.4 Å². The molecule has 21 heavy (non-hydrogen) atoms. The van der Waals surface area contributed by atoms with Crippen LogP contribution in [0.4, 0.5) is 5.82 Å². The second-order valence-corrected chi connectivity index (χ2v) is 7.33. The molecular weight excluding hydrogens is 296 g/mol. The molecule has 0 spiro atoms. The Morgan fingerprint density at radius 1 is 1.38 bits per heavy atom. The highest BCUT2D eigenvalue weighted by Gasteiger charge is 2.40. The van der Waals surface area contributed by atoms with Crippen LogP contribution in [0.15, 0.2) is 23.2 Å². The van der Waals surface area contributed by atoms with Crippen LogP contribution in [0.3, 0.4) is 0 Å². The van der Waals surface area contributed by atoms with Crippen LogP contribution in [0, 0.1) is 16.0 Å². The predicted octanol–water partition coefficient (Wildman–Crippen LogP) is 0.362. The molecule has 1 aromatic heterocycles. The first-order chi connectivity index (χ1) is 9.98. The van der Waals surface area contributed by atoms with Crippen LogP contribution >= 0.6 is 0 Å². The Kier molecular flexibility index (Phi) is 3.64. The summed E-state index contributed by atoms with van der Waals surface area (Å²) in [5, 5.41) is 13.9. The minimum atomic E-state index is -3.63. The van der Waals surface area contributed by atoms with Gasteiger partial charge in [-0.2, -0.15) is 4.31 Å². The number of nitrogens with zero attached hydrogens (tertiary/aromatic N) is 3. The number of hydrogen-bond acceptors (Lipinski definition) is 6. The van der Waals surface area contributed by atoms with E-state index in [2.05, 4.69) is 10.3 Å². The van der Waals surface area contributed by atoms with Crippen molar-refractivity contribution in [2.45, 2.75) is 23.8 Å². The van der Waals surface area contributed by atoms with Crippen LogP contribution < -0.4 is 5.32 Å². The Balaban J connectivity index is 1.82. The quantitative estimate of drug-likeness (QED) is 0.638. The number of sulfonamides is 1. The molecule has 0 unspecified atom stereocenters. The van der Waals surface area contributed by atoms with Gasteiger partial charge in [0.1, 0.15) is 4.90 Å². The first-order valence-corrected chi connectivity index (χ1v) is 8.26. The number of hydrogen-bond donors (Lipinski definition) is 1. The van der Waals surface area contributed by atoms with Gasteiger partial charge in [0, 0.05) is 25.2 Å². The summed E-state index contributed by atoms with van der Waals surface area (Å²) in [5.74, 6) is -0.00904. The number of piperidine rings is 1. The summed E-state index contributed by atoms with van der Waals surface area (Å²) in [6.07, 6.45) is 3.15. The van der Waals surface area contributed by atoms with Gasteiger partial charge in [0.05, 0.1) is 0 Å². The topological polar surface area (TPSA) is 105 Å². The predicted molar refractivity (Wildman–Crippen MR) is 74.2 cm³/mol. The highest BCUT2D eigenvalue weighted by molar-refractivity contribution is 7.89. The smallest absolute Gasteiger partial charge is 0.358 e. The molecule has 3 rings (SSSR count). The van der Waals surface area contributed by atoms with Crippen molar-refractivity contribution in [1.82, 2.24) is 14.6 Å². The molecule has 1 aromatic rings. The Labute approximate surface area is 122 Å². The molecule has 8 nitrogen and oxygen atoms in total. The minimum absolute atomic E-state index is 0.00625. The lowest BCUT2D eigenvalue weighted by molar-refractivity contribution is -0.389. The molecule has 3 heterocycles. The fraction of sp³-hybridized carbons (Fsp3) is 0.583. The van der Waals surface area contributed by atoms with Gasteiger partial charge in [-0.05, 0) is 41.3 Å². The Hall–Kier alpha value is -1.58. The number of rotatable bonds is 3. The largest absolute Gasteiger partial charge is 0.363 e. The molecule has 0 saturated carbocycles. The third kappa shape index (κ3) is 2.63. The number of pyridine rings is 1. The molecule has 0 aliphatic carbocycles. The molecule has 0 amide bonds. The number of aromatic nitrogens is 1. The molecule has 2 aliphatic rings. The third-order valence-electron chi connectivity index (χ3n) is 4.11. The highest BCUT2D eigenvalue weighted by Crippen LogP contribution is 2.29. The molecule has 114 valence electrons. The summed E-state index contributed by atoms with van der Waals surface area (Å²) in [4.78, 5) is 13.5. The first kappa shape index (κ1) is 14.4. The van der Waals surface area contributed by atoms with Crippen molar-refractivity contribution in [1.29, 1.82) is 0 Å². The molecule has 9 heteroatoms. The summed E-state index contributed by atoms with van der Waals surface area (Å²) in [5.41, 5.74) is 0. The molecule has 2 saturated heterocycles. The van der Waals surface area contributed by atoms with Crippen LogP contribution in [0.5, 0.6) is 0 Å². The van der Waals surface area contributed by atoms with Crippen molar-refractivity contribution in [3.63, 3.8) is 0 Å². The highest BCUT2D eigenvalue weighted by atomic mass is 32.2. The zero-order chi connectivity index (χ0) is 15.0. The van der Waals surface area contributed by atoms with E-state index in [0.717, 1.165) is 31.6 Å². The second-order valence-electron chi connectivity index (χ2n) is 5.39. The maximum Gasteiger partial charge on any atom is 0.363 e. The van der Waals surface area contributed by atoms with Gasteiger partial charge >= 0.3 is 5.82 Å². The summed E-state index contributed by atoms with van der Waals surface area (Å²) < 4.78 is 26.5. The SMILES string of the molecule is O=[N+]([O-])c1ccc(S(=O)(=O)N2C[C@@H]3CCCN[C@@H]3C2)cn1. The fourth-order valence-corrected chi connectivity index (χ4v) is 4.45. The Morgan fingerprint density at radius 3 is 2.81 bits per heavy atom. The Bertz CT molecular complexity index is 632. The lowest BCUT2D eigenvalue weighted by Crippen LogP contribution is -2.41. The average Bonchev–Trinajstić information content (AvgIpc) is 2.92. The zero-order valence-electron chi connectivity index (χ0n) is 11.3. The molecule has 2 fully saturated rings. The summed E-state index contributed by atoms with van der Waals surface area (Å²) in [6, 6.07) is 2.57. The van der Waals surface area contributed by atoms with E-state index in [9.17, 15) is 18.5 Å². The molecule has 2 atom stereocenters. The summed E-state index contributed by atoms with van der Waals surface area (Å²) >= 11 is 0. The van der Waals surface area contributed by atoms with Gasteiger partial charge in [-0.15, -0.1) is 0 Å². The summed E-state index contributed by atoms with van der Waals surface area (Å²) in [7, 11) is -3.63. The van der Waals surface area contributed by atoms with Crippen LogP contribution in [-0.2, 0) is 10.0 Å². The van der Waals surface area contributed by atoms with Crippen molar-refractivity contribution in [3.05, 3.63) is 28.4 Å². The first-order valence-electron chi connectivity index (χ1n) is 6.82. The fourth-order valence-electron chi connectivity index (χ4n) is 2.99. The molecule has 2 aliphatic heterocycles. The third-order valence-corrected chi connectivity index (χ3v) is 5.93. The van der Waals surface area contributed by atoms with Gasteiger partial charge in [-0.3, -0.25) is 0 Å². The van der Waals surface area contributed by atoms with Gasteiger partial charge in [0.25, 0.3) is 0 Å². The molecule has 0 radical (unpaired) electrons. The zero-order valence-corrected chi connectivity index (χ0v) is 12.1. The number of fused-ring (bicyclic) bond motifs is 1. The van der Waals surface area contributed by atoms with Gasteiger partial charge in [0.2, 0.25) is 10.0 Å². The average molecular weight is 312 g/mol. The van der Waals surface area contributed by atoms with E-state index >= 15 is 0 Å². The van der Waals surface area contributed by atoms with E-state index in [1.54, 1.807) is 0 Å². The van der Waals surface area contributed by atoms with Crippen LogP contribution in [0.2, 0.25) is 0 Å². The number of nitro groups is 1. The van der Waals surface area contributed by atoms with Crippen LogP contribution in [0.1, 0.15) is 12.8 Å². The van der Waals surface area contributed by atoms with Crippen molar-refractivity contribution < 1.29 is 13.3 Å². The molecule has 0 aromatic carbocycles. The van der Waals surface area contributed by atoms with Crippen molar-refractivity contribution in [2.75, 3.05) is 19.6 Å². The van der Waals surface area contributed by atoms with E-state index in [-0.39, 0.29) is 16.8 Å². The number of nitrogens with one attached hydrogen (secondary N) is 1. The minimum Gasteiger partial charge on any atom is -0.358 e. The lowest BCUT2D eigenvalue weighted by Gasteiger charge is -2.24. The molecule has 0 bridgehead atoms.